The Labute approximate surface area is 121 Å². The zero-order valence-electron chi connectivity index (χ0n) is 11.4. The van der Waals surface area contributed by atoms with E-state index in [2.05, 4.69) is 16.4 Å². The number of nitrogens with zero attached hydrogens (tertiary/aromatic N) is 1. The Hall–Kier alpha value is -2.63. The minimum absolute atomic E-state index is 0.0407. The summed E-state index contributed by atoms with van der Waals surface area (Å²) in [6.45, 7) is 0. The number of nitrogen functional groups attached to an aromatic ring is 2. The van der Waals surface area contributed by atoms with Crippen molar-refractivity contribution in [1.82, 2.24) is 4.98 Å². The summed E-state index contributed by atoms with van der Waals surface area (Å²) in [4.78, 5) is 3.99. The normalized spacial score (nSPS) is 13.0. The number of rotatable bonds is 3. The molecule has 0 unspecified atom stereocenters. The quantitative estimate of drug-likeness (QED) is 0.513. The van der Waals surface area contributed by atoms with Crippen LogP contribution in [0.2, 0.25) is 0 Å². The number of halogens is 1. The molecule has 1 aromatic heterocycles. The average molecular weight is 285 g/mol. The molecule has 0 fully saturated rings. The van der Waals surface area contributed by atoms with Crippen molar-refractivity contribution in [3.05, 3.63) is 46.8 Å². The van der Waals surface area contributed by atoms with E-state index < -0.39 is 5.82 Å². The predicted molar refractivity (Wildman–Crippen MR) is 81.4 cm³/mol. The molecule has 1 heterocycles. The van der Waals surface area contributed by atoms with Gasteiger partial charge in [-0.15, -0.1) is 0 Å². The summed E-state index contributed by atoms with van der Waals surface area (Å²) in [7, 11) is 0. The lowest BCUT2D eigenvalue weighted by atomic mass is 10.1. The molecule has 3 rings (SSSR count). The summed E-state index contributed by atoms with van der Waals surface area (Å²) in [6.07, 6.45) is 3.13. The number of aryl methyl sites for hydroxylation is 1. The molecule has 2 aromatic rings. The number of hydrogen-bond acceptors (Lipinski definition) is 4. The van der Waals surface area contributed by atoms with Crippen LogP contribution in [0.4, 0.5) is 21.7 Å². The number of anilines is 3. The number of fused-ring (bicyclic) bond motifs is 1. The van der Waals surface area contributed by atoms with Crippen molar-refractivity contribution in [2.45, 2.75) is 19.3 Å². The second kappa shape index (κ2) is 5.05. The maximum absolute atomic E-state index is 14.1. The Morgan fingerprint density at radius 3 is 2.90 bits per heavy atom. The number of nitrogens with two attached hydrogens (primary N) is 2. The van der Waals surface area contributed by atoms with Gasteiger partial charge in [0.1, 0.15) is 11.7 Å². The molecule has 1 aromatic carbocycles. The number of pyridine rings is 1. The molecule has 1 aliphatic carbocycles. The van der Waals surface area contributed by atoms with Gasteiger partial charge in [-0.05, 0) is 42.5 Å². The van der Waals surface area contributed by atoms with Crippen LogP contribution < -0.4 is 16.8 Å². The van der Waals surface area contributed by atoms with Crippen molar-refractivity contribution < 1.29 is 4.39 Å². The first kappa shape index (κ1) is 13.4. The fourth-order valence-electron chi connectivity index (χ4n) is 2.67. The second-order valence-electron chi connectivity index (χ2n) is 5.09. The van der Waals surface area contributed by atoms with Crippen LogP contribution in [0.1, 0.15) is 23.1 Å². The van der Waals surface area contributed by atoms with E-state index in [1.54, 1.807) is 0 Å². The van der Waals surface area contributed by atoms with E-state index in [1.165, 1.54) is 11.1 Å². The van der Waals surface area contributed by atoms with Gasteiger partial charge in [-0.25, -0.2) is 9.37 Å². The molecule has 0 spiro atoms. The van der Waals surface area contributed by atoms with E-state index in [9.17, 15) is 4.39 Å². The van der Waals surface area contributed by atoms with Gasteiger partial charge < -0.3 is 16.8 Å². The molecular formula is C15H16FN5. The van der Waals surface area contributed by atoms with E-state index >= 15 is 0 Å². The van der Waals surface area contributed by atoms with Gasteiger partial charge in [0.15, 0.2) is 11.6 Å². The van der Waals surface area contributed by atoms with Gasteiger partial charge in [0, 0.05) is 5.69 Å². The van der Waals surface area contributed by atoms with Gasteiger partial charge in [0.05, 0.1) is 5.56 Å². The maximum Gasteiger partial charge on any atom is 0.169 e. The minimum atomic E-state index is -0.579. The lowest BCUT2D eigenvalue weighted by molar-refractivity contribution is 0.626. The Morgan fingerprint density at radius 2 is 2.14 bits per heavy atom. The molecule has 0 aliphatic heterocycles. The molecule has 6 N–H and O–H groups in total. The molecule has 1 aliphatic rings. The predicted octanol–water partition coefficient (Wildman–Crippen LogP) is 2.32. The van der Waals surface area contributed by atoms with Gasteiger partial charge in [-0.3, -0.25) is 5.41 Å². The molecular weight excluding hydrogens is 269 g/mol. The topological polar surface area (TPSA) is 101 Å². The first-order valence-corrected chi connectivity index (χ1v) is 6.74. The van der Waals surface area contributed by atoms with Gasteiger partial charge >= 0.3 is 0 Å². The number of aromatic nitrogens is 1. The Balaban J connectivity index is 1.98. The summed E-state index contributed by atoms with van der Waals surface area (Å²) >= 11 is 0. The fraction of sp³-hybridized carbons (Fsp3) is 0.200. The Bertz CT molecular complexity index is 726. The third-order valence-electron chi connectivity index (χ3n) is 3.69. The second-order valence-corrected chi connectivity index (χ2v) is 5.09. The Kier molecular flexibility index (Phi) is 3.21. The first-order chi connectivity index (χ1) is 10.1. The summed E-state index contributed by atoms with van der Waals surface area (Å²) in [5.41, 5.74) is 14.5. The highest BCUT2D eigenvalue weighted by Gasteiger charge is 2.17. The molecule has 0 atom stereocenters. The van der Waals surface area contributed by atoms with Crippen LogP contribution in [0.15, 0.2) is 24.3 Å². The molecule has 108 valence electrons. The van der Waals surface area contributed by atoms with E-state index in [0.29, 0.717) is 0 Å². The summed E-state index contributed by atoms with van der Waals surface area (Å²) in [5, 5.41) is 10.3. The zero-order valence-corrected chi connectivity index (χ0v) is 11.4. The zero-order chi connectivity index (χ0) is 15.0. The number of nitrogens with one attached hydrogen (secondary N) is 2. The monoisotopic (exact) mass is 285 g/mol. The molecule has 21 heavy (non-hydrogen) atoms. The van der Waals surface area contributed by atoms with Gasteiger partial charge in [-0.2, -0.15) is 0 Å². The van der Waals surface area contributed by atoms with Crippen LogP contribution in [0, 0.1) is 11.2 Å². The molecule has 0 saturated carbocycles. The molecule has 0 amide bonds. The summed E-state index contributed by atoms with van der Waals surface area (Å²) in [6, 6.07) is 7.07. The van der Waals surface area contributed by atoms with Crippen LogP contribution in [0.3, 0.4) is 0 Å². The fourth-order valence-corrected chi connectivity index (χ4v) is 2.67. The molecule has 5 nitrogen and oxygen atoms in total. The van der Waals surface area contributed by atoms with Crippen molar-refractivity contribution in [2.24, 2.45) is 5.73 Å². The van der Waals surface area contributed by atoms with E-state index in [-0.39, 0.29) is 23.0 Å². The SMILES string of the molecule is N=C(N)c1cc(F)c(Nc2cccc3c2CCC3)nc1N. The first-order valence-electron chi connectivity index (χ1n) is 6.74. The standard InChI is InChI=1S/C15H16FN5/c16-11-7-10(13(17)18)14(19)21-15(11)20-12-6-2-4-8-3-1-5-9(8)12/h2,4,6-7H,1,3,5H2,(H3,17,18)(H3,19,20,21). The van der Waals surface area contributed by atoms with Gasteiger partial charge in [0.25, 0.3) is 0 Å². The van der Waals surface area contributed by atoms with Crippen molar-refractivity contribution in [3.8, 4) is 0 Å². The molecule has 0 radical (unpaired) electrons. The van der Waals surface area contributed by atoms with Crippen LogP contribution >= 0.6 is 0 Å². The lowest BCUT2D eigenvalue weighted by Crippen LogP contribution is -2.16. The van der Waals surface area contributed by atoms with E-state index in [0.717, 1.165) is 31.0 Å². The Morgan fingerprint density at radius 1 is 1.33 bits per heavy atom. The number of amidine groups is 1. The van der Waals surface area contributed by atoms with E-state index in [4.69, 9.17) is 16.9 Å². The highest BCUT2D eigenvalue weighted by molar-refractivity contribution is 5.99. The average Bonchev–Trinajstić information content (AvgIpc) is 2.91. The third kappa shape index (κ3) is 2.40. The highest BCUT2D eigenvalue weighted by Crippen LogP contribution is 2.31. The van der Waals surface area contributed by atoms with Gasteiger partial charge in [-0.1, -0.05) is 12.1 Å². The smallest absolute Gasteiger partial charge is 0.169 e. The van der Waals surface area contributed by atoms with E-state index in [1.807, 2.05) is 12.1 Å². The number of hydrogen-bond donors (Lipinski definition) is 4. The van der Waals surface area contributed by atoms with Gasteiger partial charge in [0.2, 0.25) is 0 Å². The maximum atomic E-state index is 14.1. The van der Waals surface area contributed by atoms with Crippen molar-refractivity contribution in [2.75, 3.05) is 11.1 Å². The summed E-state index contributed by atoms with van der Waals surface area (Å²) in [5.74, 6) is -0.784. The van der Waals surface area contributed by atoms with Crippen LogP contribution in [0.25, 0.3) is 0 Å². The number of benzene rings is 1. The highest BCUT2D eigenvalue weighted by atomic mass is 19.1. The molecule has 0 bridgehead atoms. The van der Waals surface area contributed by atoms with Crippen LogP contribution in [-0.2, 0) is 12.8 Å². The lowest BCUT2D eigenvalue weighted by Gasteiger charge is -2.13. The van der Waals surface area contributed by atoms with Crippen LogP contribution in [0.5, 0.6) is 0 Å². The third-order valence-corrected chi connectivity index (χ3v) is 3.69. The largest absolute Gasteiger partial charge is 0.384 e. The molecule has 6 heteroatoms. The molecule has 0 saturated heterocycles. The van der Waals surface area contributed by atoms with Crippen molar-refractivity contribution in [3.63, 3.8) is 0 Å². The van der Waals surface area contributed by atoms with Crippen molar-refractivity contribution in [1.29, 1.82) is 5.41 Å². The summed E-state index contributed by atoms with van der Waals surface area (Å²) < 4.78 is 14.1. The van der Waals surface area contributed by atoms with Crippen LogP contribution in [-0.4, -0.2) is 10.8 Å². The van der Waals surface area contributed by atoms with Crippen molar-refractivity contribution >= 4 is 23.2 Å². The minimum Gasteiger partial charge on any atom is -0.384 e.